The van der Waals surface area contributed by atoms with Crippen molar-refractivity contribution in [2.75, 3.05) is 33.3 Å². The number of sulfonamides is 1. The molecule has 1 aromatic rings. The maximum absolute atomic E-state index is 12.6. The van der Waals surface area contributed by atoms with Crippen LogP contribution >= 0.6 is 24.0 Å². The van der Waals surface area contributed by atoms with Gasteiger partial charge < -0.3 is 15.4 Å². The van der Waals surface area contributed by atoms with Crippen LogP contribution in [0.4, 0.5) is 13.2 Å². The Labute approximate surface area is 192 Å². The minimum atomic E-state index is -5.26. The molecule has 0 atom stereocenters. The molecule has 0 spiro atoms. The maximum atomic E-state index is 12.6. The molecule has 1 saturated heterocycles. The third kappa shape index (κ3) is 7.45. The van der Waals surface area contributed by atoms with Gasteiger partial charge in [0.05, 0.1) is 6.61 Å². The number of hydrogen-bond acceptors (Lipinski definition) is 4. The molecule has 1 aliphatic rings. The van der Waals surface area contributed by atoms with Crippen LogP contribution in [0.25, 0.3) is 0 Å². The lowest BCUT2D eigenvalue weighted by molar-refractivity contribution is -0.0494. The Kier molecular flexibility index (Phi) is 10.6. The lowest BCUT2D eigenvalue weighted by Crippen LogP contribution is -2.51. The molecule has 0 unspecified atom stereocenters. The Balaban J connectivity index is 0.00000450. The molecule has 7 nitrogen and oxygen atoms in total. The van der Waals surface area contributed by atoms with E-state index >= 15 is 0 Å². The van der Waals surface area contributed by atoms with Crippen molar-refractivity contribution in [1.82, 2.24) is 14.9 Å². The highest BCUT2D eigenvalue weighted by Gasteiger charge is 2.50. The average Bonchev–Trinajstić information content (AvgIpc) is 2.67. The van der Waals surface area contributed by atoms with E-state index in [-0.39, 0.29) is 55.9 Å². The van der Waals surface area contributed by atoms with Crippen molar-refractivity contribution in [2.24, 2.45) is 4.99 Å². The van der Waals surface area contributed by atoms with Crippen LogP contribution in [0.15, 0.2) is 29.3 Å². The Hall–Kier alpha value is -1.28. The van der Waals surface area contributed by atoms with E-state index in [1.807, 2.05) is 31.2 Å². The highest BCUT2D eigenvalue weighted by atomic mass is 127. The largest absolute Gasteiger partial charge is 0.511 e. The van der Waals surface area contributed by atoms with Crippen LogP contribution in [-0.4, -0.2) is 63.5 Å². The molecular weight excluding hydrogens is 536 g/mol. The molecule has 12 heteroatoms. The number of benzene rings is 1. The van der Waals surface area contributed by atoms with Crippen molar-refractivity contribution in [3.8, 4) is 5.75 Å². The number of guanidine groups is 1. The second-order valence-electron chi connectivity index (χ2n) is 6.73. The third-order valence-electron chi connectivity index (χ3n) is 4.62. The Bertz CT molecular complexity index is 798. The first-order valence-corrected chi connectivity index (χ1v) is 10.8. The van der Waals surface area contributed by atoms with E-state index in [1.54, 1.807) is 7.05 Å². The van der Waals surface area contributed by atoms with E-state index in [1.165, 1.54) is 0 Å². The van der Waals surface area contributed by atoms with Crippen molar-refractivity contribution in [3.63, 3.8) is 0 Å². The van der Waals surface area contributed by atoms with Gasteiger partial charge in [0.1, 0.15) is 5.75 Å². The molecule has 0 radical (unpaired) electrons. The summed E-state index contributed by atoms with van der Waals surface area (Å²) in [7, 11) is -3.66. The van der Waals surface area contributed by atoms with Gasteiger partial charge in [-0.25, -0.2) is 8.42 Å². The highest BCUT2D eigenvalue weighted by Crippen LogP contribution is 2.28. The molecule has 0 aromatic heterocycles. The summed E-state index contributed by atoms with van der Waals surface area (Å²) in [6.07, 6.45) is 1.27. The second-order valence-corrected chi connectivity index (χ2v) is 8.66. The number of hydrogen-bond donors (Lipinski definition) is 2. The van der Waals surface area contributed by atoms with E-state index in [9.17, 15) is 21.6 Å². The van der Waals surface area contributed by atoms with Crippen LogP contribution in [0, 0.1) is 6.92 Å². The van der Waals surface area contributed by atoms with Gasteiger partial charge in [0.2, 0.25) is 0 Å². The number of ether oxygens (including phenoxy) is 1. The fourth-order valence-corrected chi connectivity index (χ4v) is 3.94. The number of nitrogens with one attached hydrogen (secondary N) is 2. The smallest absolute Gasteiger partial charge is 0.493 e. The quantitative estimate of drug-likeness (QED) is 0.231. The SMILES string of the molecule is CN=C(NCCCOc1ccccc1C)NC1CCN(S(=O)(=O)C(F)(F)F)CC1.I. The summed E-state index contributed by atoms with van der Waals surface area (Å²) in [6, 6.07) is 7.60. The molecule has 0 amide bonds. The number of aryl methyl sites for hydroxylation is 1. The number of halogens is 4. The van der Waals surface area contributed by atoms with E-state index < -0.39 is 15.5 Å². The van der Waals surface area contributed by atoms with Crippen LogP contribution in [0.5, 0.6) is 5.75 Å². The standard InChI is InChI=1S/C18H27F3N4O3S.HI/c1-14-6-3-4-7-16(14)28-13-5-10-23-17(22-2)24-15-8-11-25(12-9-15)29(26,27)18(19,20)21;/h3-4,6-7,15H,5,8-13H2,1-2H3,(H2,22,23,24);1H. The van der Waals surface area contributed by atoms with Crippen molar-refractivity contribution in [3.05, 3.63) is 29.8 Å². The van der Waals surface area contributed by atoms with Crippen molar-refractivity contribution in [1.29, 1.82) is 0 Å². The summed E-state index contributed by atoms with van der Waals surface area (Å²) < 4.78 is 67.0. The van der Waals surface area contributed by atoms with Crippen molar-refractivity contribution < 1.29 is 26.3 Å². The molecule has 1 fully saturated rings. The second kappa shape index (κ2) is 11.9. The van der Waals surface area contributed by atoms with E-state index in [0.29, 0.717) is 23.4 Å². The number of para-hydroxylation sites is 1. The summed E-state index contributed by atoms with van der Waals surface area (Å²) >= 11 is 0. The van der Waals surface area contributed by atoms with Gasteiger partial charge in [-0.15, -0.1) is 24.0 Å². The predicted octanol–water partition coefficient (Wildman–Crippen LogP) is 2.86. The first-order valence-electron chi connectivity index (χ1n) is 9.37. The molecule has 1 aliphatic heterocycles. The van der Waals surface area contributed by atoms with E-state index in [4.69, 9.17) is 4.74 Å². The van der Waals surface area contributed by atoms with Crippen LogP contribution in [0.3, 0.4) is 0 Å². The normalized spacial score (nSPS) is 16.6. The number of rotatable bonds is 7. The Morgan fingerprint density at radius 3 is 2.47 bits per heavy atom. The number of alkyl halides is 3. The third-order valence-corrected chi connectivity index (χ3v) is 6.25. The van der Waals surface area contributed by atoms with Gasteiger partial charge in [0, 0.05) is 32.7 Å². The molecule has 2 N–H and O–H groups in total. The zero-order chi connectivity index (χ0) is 21.5. The molecule has 1 heterocycles. The fourth-order valence-electron chi connectivity index (χ4n) is 2.95. The van der Waals surface area contributed by atoms with Crippen LogP contribution in [-0.2, 0) is 10.0 Å². The van der Waals surface area contributed by atoms with Crippen LogP contribution in [0.1, 0.15) is 24.8 Å². The monoisotopic (exact) mass is 564 g/mol. The zero-order valence-electron chi connectivity index (χ0n) is 16.9. The van der Waals surface area contributed by atoms with Crippen molar-refractivity contribution >= 4 is 40.0 Å². The van der Waals surface area contributed by atoms with Gasteiger partial charge >= 0.3 is 15.5 Å². The van der Waals surface area contributed by atoms with Gasteiger partial charge in [0.25, 0.3) is 0 Å². The van der Waals surface area contributed by atoms with Crippen molar-refractivity contribution in [2.45, 2.75) is 37.7 Å². The fraction of sp³-hybridized carbons (Fsp3) is 0.611. The van der Waals surface area contributed by atoms with Gasteiger partial charge in [0.15, 0.2) is 5.96 Å². The minimum Gasteiger partial charge on any atom is -0.493 e. The molecule has 0 bridgehead atoms. The topological polar surface area (TPSA) is 83.0 Å². The first-order chi connectivity index (χ1) is 13.6. The molecule has 0 saturated carbocycles. The summed E-state index contributed by atoms with van der Waals surface area (Å²) in [5, 5.41) is 6.26. The summed E-state index contributed by atoms with van der Waals surface area (Å²) in [6.45, 7) is 2.75. The number of aliphatic imine (C=N–C) groups is 1. The van der Waals surface area contributed by atoms with Gasteiger partial charge in [-0.05, 0) is 37.8 Å². The Morgan fingerprint density at radius 2 is 1.90 bits per heavy atom. The first kappa shape index (κ1) is 26.8. The maximum Gasteiger partial charge on any atom is 0.511 e. The number of nitrogens with zero attached hydrogens (tertiary/aromatic N) is 2. The molecule has 30 heavy (non-hydrogen) atoms. The lowest BCUT2D eigenvalue weighted by atomic mass is 10.1. The molecular formula is C18H28F3IN4O3S. The van der Waals surface area contributed by atoms with Gasteiger partial charge in [-0.1, -0.05) is 18.2 Å². The highest BCUT2D eigenvalue weighted by molar-refractivity contribution is 14.0. The average molecular weight is 564 g/mol. The molecule has 1 aromatic carbocycles. The number of piperidine rings is 1. The van der Waals surface area contributed by atoms with Crippen LogP contribution in [0.2, 0.25) is 0 Å². The van der Waals surface area contributed by atoms with Gasteiger partial charge in [-0.2, -0.15) is 17.5 Å². The van der Waals surface area contributed by atoms with E-state index in [0.717, 1.165) is 17.7 Å². The van der Waals surface area contributed by atoms with Crippen LogP contribution < -0.4 is 15.4 Å². The van der Waals surface area contributed by atoms with E-state index in [2.05, 4.69) is 15.6 Å². The predicted molar refractivity (Wildman–Crippen MR) is 121 cm³/mol. The molecule has 172 valence electrons. The molecule has 0 aliphatic carbocycles. The van der Waals surface area contributed by atoms with Gasteiger partial charge in [-0.3, -0.25) is 4.99 Å². The Morgan fingerprint density at radius 1 is 1.27 bits per heavy atom. The summed E-state index contributed by atoms with van der Waals surface area (Å²) in [5.74, 6) is 1.37. The summed E-state index contributed by atoms with van der Waals surface area (Å²) in [5.41, 5.74) is -4.19. The zero-order valence-corrected chi connectivity index (χ0v) is 20.1. The minimum absolute atomic E-state index is 0. The lowest BCUT2D eigenvalue weighted by Gasteiger charge is -2.32. The summed E-state index contributed by atoms with van der Waals surface area (Å²) in [4.78, 5) is 4.10. The molecule has 2 rings (SSSR count).